The summed E-state index contributed by atoms with van der Waals surface area (Å²) in [6.45, 7) is 0.906. The Bertz CT molecular complexity index is 383. The predicted molar refractivity (Wildman–Crippen MR) is 54.3 cm³/mol. The lowest BCUT2D eigenvalue weighted by molar-refractivity contribution is -0.119. The SMILES string of the molecule is O=C1CCc2c[c]cc3c2N1CCC3. The first kappa shape index (κ1) is 8.04. The molecule has 2 nitrogen and oxygen atoms in total. The van der Waals surface area contributed by atoms with E-state index in [1.54, 1.807) is 0 Å². The summed E-state index contributed by atoms with van der Waals surface area (Å²) < 4.78 is 0. The van der Waals surface area contributed by atoms with Gasteiger partial charge in [0.25, 0.3) is 0 Å². The molecule has 2 heteroatoms. The quantitative estimate of drug-likeness (QED) is 0.604. The number of hydrogen-bond acceptors (Lipinski definition) is 1. The molecule has 3 rings (SSSR count). The molecule has 71 valence electrons. The van der Waals surface area contributed by atoms with Gasteiger partial charge in [-0.1, -0.05) is 0 Å². The Labute approximate surface area is 83.5 Å². The number of hydrogen-bond donors (Lipinski definition) is 0. The molecule has 1 aromatic rings. The zero-order valence-electron chi connectivity index (χ0n) is 8.05. The van der Waals surface area contributed by atoms with Crippen LogP contribution >= 0.6 is 0 Å². The van der Waals surface area contributed by atoms with Crippen molar-refractivity contribution in [3.63, 3.8) is 0 Å². The summed E-state index contributed by atoms with van der Waals surface area (Å²) in [5.41, 5.74) is 3.81. The zero-order valence-corrected chi connectivity index (χ0v) is 8.05. The Kier molecular flexibility index (Phi) is 1.63. The molecule has 1 aromatic carbocycles. The number of benzene rings is 1. The Morgan fingerprint density at radius 3 is 2.79 bits per heavy atom. The number of anilines is 1. The normalized spacial score (nSPS) is 19.4. The highest BCUT2D eigenvalue weighted by Gasteiger charge is 2.28. The van der Waals surface area contributed by atoms with Crippen LogP contribution in [0, 0.1) is 6.07 Å². The molecule has 0 fully saturated rings. The van der Waals surface area contributed by atoms with E-state index in [2.05, 4.69) is 6.07 Å². The molecule has 0 spiro atoms. The van der Waals surface area contributed by atoms with Crippen LogP contribution in [0.2, 0.25) is 0 Å². The molecular formula is C12H12NO. The van der Waals surface area contributed by atoms with Crippen LogP contribution < -0.4 is 4.90 Å². The van der Waals surface area contributed by atoms with Crippen LogP contribution in [0.25, 0.3) is 0 Å². The van der Waals surface area contributed by atoms with Crippen molar-refractivity contribution in [1.29, 1.82) is 0 Å². The van der Waals surface area contributed by atoms with Gasteiger partial charge in [-0.25, -0.2) is 0 Å². The molecule has 0 saturated heterocycles. The highest BCUT2D eigenvalue weighted by molar-refractivity contribution is 5.97. The van der Waals surface area contributed by atoms with Crippen molar-refractivity contribution in [2.24, 2.45) is 0 Å². The van der Waals surface area contributed by atoms with Gasteiger partial charge in [-0.15, -0.1) is 0 Å². The molecule has 0 aromatic heterocycles. The summed E-state index contributed by atoms with van der Waals surface area (Å²) in [6, 6.07) is 7.23. The van der Waals surface area contributed by atoms with Gasteiger partial charge < -0.3 is 4.90 Å². The Hall–Kier alpha value is -1.31. The van der Waals surface area contributed by atoms with Crippen molar-refractivity contribution in [1.82, 2.24) is 0 Å². The van der Waals surface area contributed by atoms with Crippen molar-refractivity contribution < 1.29 is 4.79 Å². The first-order valence-electron chi connectivity index (χ1n) is 5.18. The fourth-order valence-corrected chi connectivity index (χ4v) is 2.48. The first-order valence-corrected chi connectivity index (χ1v) is 5.18. The van der Waals surface area contributed by atoms with Gasteiger partial charge >= 0.3 is 0 Å². The maximum atomic E-state index is 11.7. The maximum absolute atomic E-state index is 11.7. The number of nitrogens with zero attached hydrogens (tertiary/aromatic N) is 1. The highest BCUT2D eigenvalue weighted by atomic mass is 16.2. The van der Waals surface area contributed by atoms with Gasteiger partial charge in [-0.05, 0) is 48.6 Å². The Balaban J connectivity index is 2.21. The lowest BCUT2D eigenvalue weighted by atomic mass is 9.92. The van der Waals surface area contributed by atoms with Gasteiger partial charge in [0.1, 0.15) is 0 Å². The minimum atomic E-state index is 0.296. The topological polar surface area (TPSA) is 20.3 Å². The van der Waals surface area contributed by atoms with Crippen LogP contribution in [-0.2, 0) is 17.6 Å². The smallest absolute Gasteiger partial charge is 0.227 e. The highest BCUT2D eigenvalue weighted by Crippen LogP contribution is 2.34. The van der Waals surface area contributed by atoms with E-state index in [4.69, 9.17) is 0 Å². The van der Waals surface area contributed by atoms with Gasteiger partial charge in [-0.3, -0.25) is 4.79 Å². The van der Waals surface area contributed by atoms with Crippen LogP contribution in [0.15, 0.2) is 12.1 Å². The second kappa shape index (κ2) is 2.84. The lowest BCUT2D eigenvalue weighted by Gasteiger charge is -2.34. The molecule has 14 heavy (non-hydrogen) atoms. The summed E-state index contributed by atoms with van der Waals surface area (Å²) >= 11 is 0. The second-order valence-electron chi connectivity index (χ2n) is 4.00. The minimum Gasteiger partial charge on any atom is -0.312 e. The van der Waals surface area contributed by atoms with Gasteiger partial charge in [0.05, 0.1) is 5.69 Å². The molecule has 0 saturated carbocycles. The van der Waals surface area contributed by atoms with Crippen LogP contribution in [-0.4, -0.2) is 12.5 Å². The fourth-order valence-electron chi connectivity index (χ4n) is 2.48. The molecule has 0 N–H and O–H groups in total. The molecule has 0 aliphatic carbocycles. The molecule has 0 unspecified atom stereocenters. The van der Waals surface area contributed by atoms with E-state index in [0.29, 0.717) is 12.3 Å². The lowest BCUT2D eigenvalue weighted by Crippen LogP contribution is -2.39. The van der Waals surface area contributed by atoms with Crippen molar-refractivity contribution in [3.05, 3.63) is 29.3 Å². The Morgan fingerprint density at radius 1 is 1.14 bits per heavy atom. The van der Waals surface area contributed by atoms with Crippen LogP contribution in [0.1, 0.15) is 24.0 Å². The standard InChI is InChI=1S/C12H12NO/c14-11-7-6-10-4-1-3-9-5-2-8-13(11)12(9)10/h3-4H,2,5-8H2. The molecule has 1 amide bonds. The van der Waals surface area contributed by atoms with E-state index < -0.39 is 0 Å². The number of carbonyl (C=O) groups excluding carboxylic acids is 1. The third-order valence-corrected chi connectivity index (χ3v) is 3.13. The minimum absolute atomic E-state index is 0.296. The van der Waals surface area contributed by atoms with E-state index in [9.17, 15) is 4.79 Å². The van der Waals surface area contributed by atoms with Crippen LogP contribution in [0.3, 0.4) is 0 Å². The van der Waals surface area contributed by atoms with E-state index in [1.165, 1.54) is 16.8 Å². The number of carbonyl (C=O) groups is 1. The van der Waals surface area contributed by atoms with Gasteiger partial charge in [0.15, 0.2) is 0 Å². The number of rotatable bonds is 0. The van der Waals surface area contributed by atoms with Gasteiger partial charge in [0, 0.05) is 13.0 Å². The molecule has 2 aliphatic heterocycles. The third kappa shape index (κ3) is 0.999. The predicted octanol–water partition coefficient (Wildman–Crippen LogP) is 1.71. The van der Waals surface area contributed by atoms with E-state index in [-0.39, 0.29) is 0 Å². The number of aryl methyl sites for hydroxylation is 2. The van der Waals surface area contributed by atoms with Crippen LogP contribution in [0.4, 0.5) is 5.69 Å². The summed E-state index contributed by atoms with van der Waals surface area (Å²) in [6.07, 6.45) is 3.76. The summed E-state index contributed by atoms with van der Waals surface area (Å²) in [5.74, 6) is 0.296. The van der Waals surface area contributed by atoms with Crippen LogP contribution in [0.5, 0.6) is 0 Å². The summed E-state index contributed by atoms with van der Waals surface area (Å²) in [7, 11) is 0. The number of amides is 1. The zero-order chi connectivity index (χ0) is 9.54. The average molecular weight is 186 g/mol. The largest absolute Gasteiger partial charge is 0.312 e. The van der Waals surface area contributed by atoms with Crippen molar-refractivity contribution in [2.45, 2.75) is 25.7 Å². The van der Waals surface area contributed by atoms with E-state index in [0.717, 1.165) is 25.8 Å². The molecule has 2 heterocycles. The first-order chi connectivity index (χ1) is 6.86. The van der Waals surface area contributed by atoms with E-state index >= 15 is 0 Å². The average Bonchev–Trinajstić information content (AvgIpc) is 2.24. The summed E-state index contributed by atoms with van der Waals surface area (Å²) in [4.78, 5) is 13.7. The molecule has 1 radical (unpaired) electrons. The van der Waals surface area contributed by atoms with Gasteiger partial charge in [-0.2, -0.15) is 0 Å². The maximum Gasteiger partial charge on any atom is 0.227 e. The molecule has 0 bridgehead atoms. The Morgan fingerprint density at radius 2 is 1.93 bits per heavy atom. The van der Waals surface area contributed by atoms with Crippen molar-refractivity contribution in [3.8, 4) is 0 Å². The van der Waals surface area contributed by atoms with Crippen molar-refractivity contribution in [2.75, 3.05) is 11.4 Å². The monoisotopic (exact) mass is 186 g/mol. The third-order valence-electron chi connectivity index (χ3n) is 3.13. The molecule has 2 aliphatic rings. The molecule has 0 atom stereocenters. The van der Waals surface area contributed by atoms with Gasteiger partial charge in [0.2, 0.25) is 5.91 Å². The fraction of sp³-hybridized carbons (Fsp3) is 0.417. The summed E-state index contributed by atoms with van der Waals surface area (Å²) in [5, 5.41) is 0. The van der Waals surface area contributed by atoms with Crippen molar-refractivity contribution >= 4 is 11.6 Å². The molecular weight excluding hydrogens is 174 g/mol. The second-order valence-corrected chi connectivity index (χ2v) is 4.00. The van der Waals surface area contributed by atoms with E-state index in [1.807, 2.05) is 17.0 Å².